The van der Waals surface area contributed by atoms with E-state index in [-0.39, 0.29) is 12.8 Å². The van der Waals surface area contributed by atoms with E-state index < -0.39 is 60.8 Å². The van der Waals surface area contributed by atoms with Crippen LogP contribution >= 0.6 is 0 Å². The molecule has 1 heterocycles. The number of aromatic nitrogens is 1. The maximum absolute atomic E-state index is 12.3. The molecule has 8 N–H and O–H groups in total. The number of hydrogen-bond acceptors (Lipinski definition) is 6. The van der Waals surface area contributed by atoms with Crippen LogP contribution in [0.25, 0.3) is 10.9 Å². The molecule has 3 amide bonds. The molecule has 1 aromatic heterocycles. The molecule has 178 valence electrons. The molecule has 33 heavy (non-hydrogen) atoms. The monoisotopic (exact) mass is 461 g/mol. The highest BCUT2D eigenvalue weighted by molar-refractivity contribution is 5.92. The van der Waals surface area contributed by atoms with Gasteiger partial charge in [-0.3, -0.25) is 19.2 Å². The van der Waals surface area contributed by atoms with Gasteiger partial charge in [0.05, 0.1) is 12.6 Å². The number of carboxylic acids is 2. The molecule has 2 rings (SSSR count). The summed E-state index contributed by atoms with van der Waals surface area (Å²) in [7, 11) is 0. The Morgan fingerprint density at radius 1 is 1.06 bits per heavy atom. The van der Waals surface area contributed by atoms with Gasteiger partial charge in [-0.25, -0.2) is 4.79 Å². The summed E-state index contributed by atoms with van der Waals surface area (Å²) in [5, 5.41) is 25.6. The van der Waals surface area contributed by atoms with E-state index in [0.29, 0.717) is 0 Å². The minimum Gasteiger partial charge on any atom is -0.481 e. The molecule has 12 heteroatoms. The second-order valence-corrected chi connectivity index (χ2v) is 7.51. The number of carboxylic acid groups (broad SMARTS) is 2. The van der Waals surface area contributed by atoms with E-state index in [9.17, 15) is 24.0 Å². The van der Waals surface area contributed by atoms with Crippen LogP contribution in [0.15, 0.2) is 30.5 Å². The van der Waals surface area contributed by atoms with Gasteiger partial charge in [-0.15, -0.1) is 0 Å². The van der Waals surface area contributed by atoms with Crippen LogP contribution < -0.4 is 21.7 Å². The van der Waals surface area contributed by atoms with Crippen LogP contribution in [0.2, 0.25) is 0 Å². The highest BCUT2D eigenvalue weighted by Gasteiger charge is 2.25. The normalized spacial score (nSPS) is 13.5. The van der Waals surface area contributed by atoms with Gasteiger partial charge in [0.25, 0.3) is 0 Å². The molecule has 12 nitrogen and oxygen atoms in total. The van der Waals surface area contributed by atoms with Crippen molar-refractivity contribution in [2.24, 2.45) is 5.73 Å². The van der Waals surface area contributed by atoms with Crippen molar-refractivity contribution in [2.45, 2.75) is 44.3 Å². The summed E-state index contributed by atoms with van der Waals surface area (Å²) in [6, 6.07) is 4.14. The fourth-order valence-electron chi connectivity index (χ4n) is 3.11. The van der Waals surface area contributed by atoms with Crippen molar-refractivity contribution in [1.29, 1.82) is 0 Å². The largest absolute Gasteiger partial charge is 0.481 e. The summed E-state index contributed by atoms with van der Waals surface area (Å²) < 4.78 is 0. The number of amides is 3. The van der Waals surface area contributed by atoms with Crippen molar-refractivity contribution < 1.29 is 34.2 Å². The lowest BCUT2D eigenvalue weighted by Gasteiger charge is -2.18. The molecule has 1 aromatic carbocycles. The van der Waals surface area contributed by atoms with Gasteiger partial charge >= 0.3 is 11.9 Å². The highest BCUT2D eigenvalue weighted by atomic mass is 16.4. The van der Waals surface area contributed by atoms with Crippen molar-refractivity contribution in [3.63, 3.8) is 0 Å². The third-order valence-electron chi connectivity index (χ3n) is 4.91. The number of para-hydroxylation sites is 1. The van der Waals surface area contributed by atoms with Gasteiger partial charge < -0.3 is 36.9 Å². The molecule has 0 radical (unpaired) electrons. The zero-order chi connectivity index (χ0) is 24.5. The maximum Gasteiger partial charge on any atom is 0.326 e. The molecule has 0 aliphatic heterocycles. The number of nitrogens with one attached hydrogen (secondary N) is 4. The third-order valence-corrected chi connectivity index (χ3v) is 4.91. The minimum atomic E-state index is -1.41. The molecule has 0 fully saturated rings. The van der Waals surface area contributed by atoms with Gasteiger partial charge in [0.1, 0.15) is 12.1 Å². The van der Waals surface area contributed by atoms with E-state index in [0.717, 1.165) is 16.5 Å². The predicted molar refractivity (Wildman–Crippen MR) is 117 cm³/mol. The van der Waals surface area contributed by atoms with Crippen molar-refractivity contribution in [2.75, 3.05) is 6.54 Å². The second kappa shape index (κ2) is 11.6. The molecule has 0 bridgehead atoms. The minimum absolute atomic E-state index is 0.253. The molecule has 3 unspecified atom stereocenters. The summed E-state index contributed by atoms with van der Waals surface area (Å²) in [4.78, 5) is 61.3. The molecule has 2 aromatic rings. The molecule has 0 saturated heterocycles. The van der Waals surface area contributed by atoms with E-state index in [1.54, 1.807) is 6.20 Å². The molecule has 0 saturated carbocycles. The van der Waals surface area contributed by atoms with Crippen LogP contribution in [0.5, 0.6) is 0 Å². The predicted octanol–water partition coefficient (Wildman–Crippen LogP) is -0.907. The van der Waals surface area contributed by atoms with Crippen molar-refractivity contribution in [1.82, 2.24) is 20.9 Å². The van der Waals surface area contributed by atoms with E-state index in [1.165, 1.54) is 6.92 Å². The average Bonchev–Trinajstić information content (AvgIpc) is 3.17. The number of benzene rings is 1. The number of aliphatic carboxylic acids is 2. The molecule has 0 spiro atoms. The number of hydrogen-bond donors (Lipinski definition) is 7. The van der Waals surface area contributed by atoms with Crippen LogP contribution in [0.3, 0.4) is 0 Å². The van der Waals surface area contributed by atoms with E-state index in [4.69, 9.17) is 15.9 Å². The summed E-state index contributed by atoms with van der Waals surface area (Å²) in [5.74, 6) is -4.62. The van der Waals surface area contributed by atoms with Crippen LogP contribution in [-0.2, 0) is 30.4 Å². The second-order valence-electron chi connectivity index (χ2n) is 7.51. The van der Waals surface area contributed by atoms with Gasteiger partial charge in [0, 0.05) is 23.5 Å². The Labute approximate surface area is 188 Å². The Morgan fingerprint density at radius 2 is 1.76 bits per heavy atom. The molecule has 0 aliphatic carbocycles. The third kappa shape index (κ3) is 7.61. The Hall–Kier alpha value is -3.93. The lowest BCUT2D eigenvalue weighted by atomic mass is 10.1. The first-order valence-electron chi connectivity index (χ1n) is 10.2. The van der Waals surface area contributed by atoms with Crippen LogP contribution in [0.4, 0.5) is 0 Å². The quantitative estimate of drug-likeness (QED) is 0.210. The Morgan fingerprint density at radius 3 is 2.42 bits per heavy atom. The Kier molecular flexibility index (Phi) is 8.92. The highest BCUT2D eigenvalue weighted by Crippen LogP contribution is 2.18. The van der Waals surface area contributed by atoms with Gasteiger partial charge in [-0.1, -0.05) is 18.2 Å². The number of carbonyl (C=O) groups is 5. The number of aromatic amines is 1. The van der Waals surface area contributed by atoms with E-state index in [1.807, 2.05) is 24.3 Å². The number of nitrogens with two attached hydrogens (primary N) is 1. The lowest BCUT2D eigenvalue weighted by Crippen LogP contribution is -2.52. The number of fused-ring (bicyclic) bond motifs is 1. The summed E-state index contributed by atoms with van der Waals surface area (Å²) in [6.45, 7) is 0.896. The maximum atomic E-state index is 12.3. The van der Waals surface area contributed by atoms with Crippen molar-refractivity contribution in [3.8, 4) is 0 Å². The van der Waals surface area contributed by atoms with Gasteiger partial charge in [0.2, 0.25) is 17.7 Å². The van der Waals surface area contributed by atoms with Crippen LogP contribution in [0, 0.1) is 0 Å². The number of carbonyl (C=O) groups excluding carboxylic acids is 3. The van der Waals surface area contributed by atoms with Crippen molar-refractivity contribution in [3.05, 3.63) is 36.0 Å². The van der Waals surface area contributed by atoms with Gasteiger partial charge in [-0.05, 0) is 31.4 Å². The molecular formula is C21H27N5O7. The standard InChI is InChI=1S/C21H27N5O7/c1-11(19(30)26-16(21(32)33)6-7-18(28)29)25-17(27)10-24-20(31)14(22)8-12-9-23-15-5-3-2-4-13(12)15/h2-5,9,11,14,16,23H,6-8,10,22H2,1H3,(H,24,31)(H,25,27)(H,26,30)(H,28,29)(H,32,33). The Balaban J connectivity index is 1.79. The van der Waals surface area contributed by atoms with Crippen LogP contribution in [-0.4, -0.2) is 69.5 Å². The SMILES string of the molecule is CC(NC(=O)CNC(=O)C(N)Cc1c[nH]c2ccccc12)C(=O)NC(CCC(=O)O)C(=O)O. The molecule has 3 atom stereocenters. The van der Waals surface area contributed by atoms with E-state index >= 15 is 0 Å². The van der Waals surface area contributed by atoms with Gasteiger partial charge in [0.15, 0.2) is 0 Å². The average molecular weight is 461 g/mol. The first-order valence-corrected chi connectivity index (χ1v) is 10.2. The van der Waals surface area contributed by atoms with Gasteiger partial charge in [-0.2, -0.15) is 0 Å². The number of H-pyrrole nitrogens is 1. The molecule has 0 aliphatic rings. The van der Waals surface area contributed by atoms with E-state index in [2.05, 4.69) is 20.9 Å². The first-order chi connectivity index (χ1) is 15.6. The lowest BCUT2D eigenvalue weighted by molar-refractivity contribution is -0.143. The Bertz CT molecular complexity index is 1030. The fourth-order valence-corrected chi connectivity index (χ4v) is 3.11. The summed E-state index contributed by atoms with van der Waals surface area (Å²) in [6.07, 6.45) is 1.28. The summed E-state index contributed by atoms with van der Waals surface area (Å²) >= 11 is 0. The zero-order valence-corrected chi connectivity index (χ0v) is 18.0. The zero-order valence-electron chi connectivity index (χ0n) is 18.0. The topological polar surface area (TPSA) is 204 Å². The smallest absolute Gasteiger partial charge is 0.326 e. The summed E-state index contributed by atoms with van der Waals surface area (Å²) in [5.41, 5.74) is 7.73. The number of rotatable bonds is 12. The van der Waals surface area contributed by atoms with Crippen LogP contribution in [0.1, 0.15) is 25.3 Å². The fraction of sp³-hybridized carbons (Fsp3) is 0.381. The molecular weight excluding hydrogens is 434 g/mol. The first kappa shape index (κ1) is 25.3. The van der Waals surface area contributed by atoms with Crippen molar-refractivity contribution >= 4 is 40.6 Å².